The van der Waals surface area contributed by atoms with Gasteiger partial charge in [-0.25, -0.2) is 8.42 Å². The number of amides is 1. The Labute approximate surface area is 165 Å². The Balaban J connectivity index is 1.93. The van der Waals surface area contributed by atoms with Gasteiger partial charge < -0.3 is 14.4 Å². The number of carbonyl (C=O) groups excluding carboxylic acids is 1. The van der Waals surface area contributed by atoms with E-state index in [4.69, 9.17) is 9.47 Å². The van der Waals surface area contributed by atoms with Crippen LogP contribution in [-0.2, 0) is 9.84 Å². The second-order valence-corrected chi connectivity index (χ2v) is 8.72. The van der Waals surface area contributed by atoms with Gasteiger partial charge in [0.15, 0.2) is 9.84 Å². The molecule has 0 aliphatic carbocycles. The summed E-state index contributed by atoms with van der Waals surface area (Å²) in [5.74, 6) is 0.902. The van der Waals surface area contributed by atoms with Crippen molar-refractivity contribution in [1.29, 1.82) is 0 Å². The third-order valence-electron chi connectivity index (χ3n) is 4.29. The molecule has 1 atom stereocenters. The van der Waals surface area contributed by atoms with Crippen molar-refractivity contribution in [2.45, 2.75) is 26.0 Å². The first-order valence-electron chi connectivity index (χ1n) is 8.94. The fourth-order valence-electron chi connectivity index (χ4n) is 3.01. The molecule has 2 aromatic carbocycles. The van der Waals surface area contributed by atoms with E-state index in [1.54, 1.807) is 61.7 Å². The maximum absolute atomic E-state index is 13.3. The number of hydrogen-bond acceptors (Lipinski definition) is 5. The molecular formula is C21H23NO5S. The predicted octanol–water partition coefficient (Wildman–Crippen LogP) is 3.44. The number of ether oxygens (including phenoxy) is 2. The van der Waals surface area contributed by atoms with Crippen molar-refractivity contribution >= 4 is 21.4 Å². The number of benzene rings is 2. The second kappa shape index (κ2) is 8.06. The molecule has 28 heavy (non-hydrogen) atoms. The van der Waals surface area contributed by atoms with Gasteiger partial charge in [-0.15, -0.1) is 0 Å². The number of rotatable bonds is 6. The Bertz CT molecular complexity index is 963. The van der Waals surface area contributed by atoms with Crippen LogP contribution in [0.1, 0.15) is 24.2 Å². The summed E-state index contributed by atoms with van der Waals surface area (Å²) < 4.78 is 34.6. The molecule has 3 rings (SSSR count). The minimum absolute atomic E-state index is 0.0335. The largest absolute Gasteiger partial charge is 0.497 e. The smallest absolute Gasteiger partial charge is 0.258 e. The van der Waals surface area contributed by atoms with E-state index >= 15 is 0 Å². The molecule has 148 valence electrons. The summed E-state index contributed by atoms with van der Waals surface area (Å²) >= 11 is 0. The molecule has 6 nitrogen and oxygen atoms in total. The highest BCUT2D eigenvalue weighted by molar-refractivity contribution is 7.94. The monoisotopic (exact) mass is 401 g/mol. The number of anilines is 1. The van der Waals surface area contributed by atoms with Crippen molar-refractivity contribution in [3.63, 3.8) is 0 Å². The molecule has 2 aromatic rings. The Morgan fingerprint density at radius 2 is 1.64 bits per heavy atom. The van der Waals surface area contributed by atoms with Gasteiger partial charge in [0.1, 0.15) is 11.5 Å². The van der Waals surface area contributed by atoms with Crippen LogP contribution in [0.15, 0.2) is 60.0 Å². The molecule has 1 aliphatic heterocycles. The van der Waals surface area contributed by atoms with Gasteiger partial charge in [-0.05, 0) is 68.5 Å². The molecule has 1 heterocycles. The van der Waals surface area contributed by atoms with Gasteiger partial charge in [-0.2, -0.15) is 0 Å². The Morgan fingerprint density at radius 1 is 1.04 bits per heavy atom. The first-order chi connectivity index (χ1) is 13.3. The number of nitrogens with zero attached hydrogens (tertiary/aromatic N) is 1. The lowest BCUT2D eigenvalue weighted by Gasteiger charge is -2.28. The van der Waals surface area contributed by atoms with E-state index in [1.807, 2.05) is 13.8 Å². The number of hydrogen-bond donors (Lipinski definition) is 0. The van der Waals surface area contributed by atoms with Gasteiger partial charge in [0.25, 0.3) is 5.91 Å². The molecule has 0 aromatic heterocycles. The van der Waals surface area contributed by atoms with Crippen LogP contribution in [0.2, 0.25) is 0 Å². The summed E-state index contributed by atoms with van der Waals surface area (Å²) in [5.41, 5.74) is 1.05. The Hall–Kier alpha value is -2.80. The van der Waals surface area contributed by atoms with Gasteiger partial charge in [0.05, 0.1) is 25.0 Å². The third-order valence-corrected chi connectivity index (χ3v) is 5.66. The van der Waals surface area contributed by atoms with Gasteiger partial charge >= 0.3 is 0 Å². The highest BCUT2D eigenvalue weighted by Gasteiger charge is 2.32. The average molecular weight is 401 g/mol. The van der Waals surface area contributed by atoms with Gasteiger partial charge in [-0.3, -0.25) is 4.79 Å². The lowest BCUT2D eigenvalue weighted by Crippen LogP contribution is -2.41. The van der Waals surface area contributed by atoms with E-state index in [0.717, 1.165) is 0 Å². The van der Waals surface area contributed by atoms with E-state index in [0.29, 0.717) is 22.7 Å². The van der Waals surface area contributed by atoms with Gasteiger partial charge in [0, 0.05) is 16.7 Å². The highest BCUT2D eigenvalue weighted by Crippen LogP contribution is 2.27. The van der Waals surface area contributed by atoms with Crippen molar-refractivity contribution in [3.8, 4) is 11.5 Å². The number of methoxy groups -OCH3 is 1. The van der Waals surface area contributed by atoms with E-state index in [2.05, 4.69) is 0 Å². The maximum atomic E-state index is 13.3. The van der Waals surface area contributed by atoms with E-state index in [-0.39, 0.29) is 17.8 Å². The summed E-state index contributed by atoms with van der Waals surface area (Å²) in [6.45, 7) is 3.86. The normalized spacial score (nSPS) is 17.5. The summed E-state index contributed by atoms with van der Waals surface area (Å²) in [5, 5.41) is 1.17. The van der Waals surface area contributed by atoms with Gasteiger partial charge in [0.2, 0.25) is 0 Å². The van der Waals surface area contributed by atoms with Crippen molar-refractivity contribution in [1.82, 2.24) is 0 Å². The summed E-state index contributed by atoms with van der Waals surface area (Å²) in [7, 11) is -1.76. The summed E-state index contributed by atoms with van der Waals surface area (Å²) in [6, 6.07) is 13.2. The lowest BCUT2D eigenvalue weighted by molar-refractivity contribution is 0.0983. The van der Waals surface area contributed by atoms with Crippen molar-refractivity contribution in [2.24, 2.45) is 0 Å². The minimum atomic E-state index is -3.32. The SMILES string of the molecule is COc1ccc(N(C(=O)c2ccc(OC(C)C)cc2)[C@H]2C=CS(=O)(=O)C2)cc1. The molecule has 0 bridgehead atoms. The molecule has 0 unspecified atom stereocenters. The summed E-state index contributed by atoms with van der Waals surface area (Å²) in [6.07, 6.45) is 1.58. The standard InChI is InChI=1S/C21H23NO5S/c1-15(2)27-20-8-4-16(5-9-20)21(23)22(18-12-13-28(24,25)14-18)17-6-10-19(26-3)11-7-17/h4-13,15,18H,14H2,1-3H3/t18-/m0/s1. The van der Waals surface area contributed by atoms with Crippen molar-refractivity contribution in [2.75, 3.05) is 17.8 Å². The molecule has 0 radical (unpaired) electrons. The van der Waals surface area contributed by atoms with Gasteiger partial charge in [-0.1, -0.05) is 0 Å². The molecule has 0 fully saturated rings. The molecule has 1 amide bonds. The molecule has 0 saturated heterocycles. The maximum Gasteiger partial charge on any atom is 0.258 e. The summed E-state index contributed by atoms with van der Waals surface area (Å²) in [4.78, 5) is 14.8. The van der Waals surface area contributed by atoms with Crippen molar-refractivity contribution < 1.29 is 22.7 Å². The van der Waals surface area contributed by atoms with E-state index < -0.39 is 15.9 Å². The number of sulfone groups is 1. The average Bonchev–Trinajstić information content (AvgIpc) is 3.02. The van der Waals surface area contributed by atoms with Crippen LogP contribution in [0.25, 0.3) is 0 Å². The fraction of sp³-hybridized carbons (Fsp3) is 0.286. The van der Waals surface area contributed by atoms with Crippen LogP contribution in [0.3, 0.4) is 0 Å². The minimum Gasteiger partial charge on any atom is -0.497 e. The Kier molecular flexibility index (Phi) is 5.74. The van der Waals surface area contributed by atoms with E-state index in [9.17, 15) is 13.2 Å². The Morgan fingerprint density at radius 3 is 2.14 bits per heavy atom. The molecule has 1 aliphatic rings. The molecule has 0 saturated carbocycles. The molecular weight excluding hydrogens is 378 g/mol. The van der Waals surface area contributed by atoms with Crippen LogP contribution in [0.5, 0.6) is 11.5 Å². The highest BCUT2D eigenvalue weighted by atomic mass is 32.2. The lowest BCUT2D eigenvalue weighted by atomic mass is 10.1. The zero-order valence-electron chi connectivity index (χ0n) is 16.0. The zero-order valence-corrected chi connectivity index (χ0v) is 16.8. The topological polar surface area (TPSA) is 72.9 Å². The first-order valence-corrected chi connectivity index (χ1v) is 10.7. The zero-order chi connectivity index (χ0) is 20.3. The molecule has 7 heteroatoms. The van der Waals surface area contributed by atoms with Crippen molar-refractivity contribution in [3.05, 3.63) is 65.6 Å². The van der Waals surface area contributed by atoms with E-state index in [1.165, 1.54) is 10.3 Å². The van der Waals surface area contributed by atoms with Crippen LogP contribution in [0, 0.1) is 0 Å². The fourth-order valence-corrected chi connectivity index (χ4v) is 4.28. The predicted molar refractivity (Wildman–Crippen MR) is 109 cm³/mol. The quantitative estimate of drug-likeness (QED) is 0.741. The number of carbonyl (C=O) groups is 1. The third kappa shape index (κ3) is 4.54. The van der Waals surface area contributed by atoms with Crippen LogP contribution in [-0.4, -0.2) is 39.3 Å². The second-order valence-electron chi connectivity index (χ2n) is 6.79. The van der Waals surface area contributed by atoms with Crippen LogP contribution in [0.4, 0.5) is 5.69 Å². The first kappa shape index (κ1) is 19.9. The van der Waals surface area contributed by atoms with Crippen LogP contribution < -0.4 is 14.4 Å². The molecule has 0 N–H and O–H groups in total. The molecule has 0 spiro atoms. The van der Waals surface area contributed by atoms with Crippen LogP contribution >= 0.6 is 0 Å².